The quantitative estimate of drug-likeness (QED) is 0.231. The summed E-state index contributed by atoms with van der Waals surface area (Å²) in [5.41, 5.74) is 1.29. The molecule has 156 valence electrons. The van der Waals surface area contributed by atoms with E-state index in [0.717, 1.165) is 70.6 Å². The maximum absolute atomic E-state index is 12.0. The summed E-state index contributed by atoms with van der Waals surface area (Å²) in [5, 5.41) is 10.3. The Bertz CT molecular complexity index is 455. The van der Waals surface area contributed by atoms with E-state index in [2.05, 4.69) is 13.0 Å². The van der Waals surface area contributed by atoms with Gasteiger partial charge in [0.25, 0.3) is 0 Å². The molecule has 1 aliphatic rings. The lowest BCUT2D eigenvalue weighted by Gasteiger charge is -2.16. The average Bonchev–Trinajstić information content (AvgIpc) is 3.01. The molecule has 0 heterocycles. The van der Waals surface area contributed by atoms with Crippen molar-refractivity contribution in [3.63, 3.8) is 0 Å². The van der Waals surface area contributed by atoms with Crippen LogP contribution in [0.5, 0.6) is 0 Å². The molecule has 1 N–H and O–H groups in total. The number of carbonyl (C=O) groups excluding carboxylic acids is 2. The molecule has 0 unspecified atom stereocenters. The number of Topliss-reactive ketones (excluding diaryl/α,β-unsaturated/α-hetero) is 1. The van der Waals surface area contributed by atoms with Crippen LogP contribution >= 0.6 is 0 Å². The number of esters is 1. The zero-order chi connectivity index (χ0) is 19.9. The van der Waals surface area contributed by atoms with Crippen LogP contribution in [-0.4, -0.2) is 29.6 Å². The summed E-state index contributed by atoms with van der Waals surface area (Å²) in [6, 6.07) is 0. The fourth-order valence-corrected chi connectivity index (χ4v) is 3.77. The molecule has 2 atom stereocenters. The van der Waals surface area contributed by atoms with Crippen molar-refractivity contribution >= 4 is 11.8 Å². The number of aliphatic hydroxyl groups excluding tert-OH is 1. The number of rotatable bonds is 15. The normalized spacial score (nSPS) is 20.9. The number of ketones is 1. The maximum atomic E-state index is 12.0. The second-order valence-electron chi connectivity index (χ2n) is 7.86. The minimum absolute atomic E-state index is 0.0862. The first-order chi connectivity index (χ1) is 13.1. The largest absolute Gasteiger partial charge is 0.466 e. The molecule has 0 radical (unpaired) electrons. The molecule has 4 heteroatoms. The molecule has 0 aromatic carbocycles. The van der Waals surface area contributed by atoms with E-state index < -0.39 is 0 Å². The van der Waals surface area contributed by atoms with Gasteiger partial charge in [-0.3, -0.25) is 9.59 Å². The van der Waals surface area contributed by atoms with Gasteiger partial charge in [-0.15, -0.1) is 0 Å². The van der Waals surface area contributed by atoms with Gasteiger partial charge in [0.15, 0.2) is 0 Å². The molecule has 27 heavy (non-hydrogen) atoms. The number of aliphatic hydroxyl groups is 1. The lowest BCUT2D eigenvalue weighted by atomic mass is 9.92. The lowest BCUT2D eigenvalue weighted by molar-refractivity contribution is -0.143. The van der Waals surface area contributed by atoms with Gasteiger partial charge in [0.05, 0.1) is 12.7 Å². The van der Waals surface area contributed by atoms with E-state index in [-0.39, 0.29) is 18.0 Å². The Hall–Kier alpha value is -1.16. The molecule has 4 nitrogen and oxygen atoms in total. The molecule has 1 saturated carbocycles. The van der Waals surface area contributed by atoms with Crippen LogP contribution < -0.4 is 0 Å². The molecular formula is C23H40O4. The van der Waals surface area contributed by atoms with Crippen molar-refractivity contribution in [2.75, 3.05) is 6.61 Å². The molecular weight excluding hydrogens is 340 g/mol. The molecule has 1 aliphatic carbocycles. The van der Waals surface area contributed by atoms with Gasteiger partial charge >= 0.3 is 5.97 Å². The molecule has 0 amide bonds. The predicted molar refractivity (Wildman–Crippen MR) is 110 cm³/mol. The van der Waals surface area contributed by atoms with E-state index in [1.165, 1.54) is 5.57 Å². The zero-order valence-electron chi connectivity index (χ0n) is 17.5. The molecule has 0 aromatic rings. The third-order valence-electron chi connectivity index (χ3n) is 5.43. The minimum atomic E-state index is -0.254. The van der Waals surface area contributed by atoms with Gasteiger partial charge in [-0.25, -0.2) is 0 Å². The number of unbranched alkanes of at least 4 members (excludes halogenated alkanes) is 5. The smallest absolute Gasteiger partial charge is 0.305 e. The molecule has 1 fully saturated rings. The van der Waals surface area contributed by atoms with Crippen molar-refractivity contribution in [2.45, 2.75) is 110 Å². The van der Waals surface area contributed by atoms with E-state index in [1.807, 2.05) is 6.92 Å². The second kappa shape index (κ2) is 14.8. The van der Waals surface area contributed by atoms with Crippen LogP contribution in [0.25, 0.3) is 0 Å². The van der Waals surface area contributed by atoms with E-state index >= 15 is 0 Å². The highest BCUT2D eigenvalue weighted by Crippen LogP contribution is 2.35. The Kier molecular flexibility index (Phi) is 13.1. The molecule has 0 aliphatic heterocycles. The Morgan fingerprint density at radius 3 is 2.52 bits per heavy atom. The lowest BCUT2D eigenvalue weighted by Crippen LogP contribution is -2.14. The molecule has 0 aromatic heterocycles. The summed E-state index contributed by atoms with van der Waals surface area (Å²) in [6.07, 6.45) is 14.5. The van der Waals surface area contributed by atoms with Crippen molar-refractivity contribution < 1.29 is 19.4 Å². The highest BCUT2D eigenvalue weighted by molar-refractivity contribution is 5.79. The molecule has 0 bridgehead atoms. The van der Waals surface area contributed by atoms with Crippen LogP contribution in [-0.2, 0) is 14.3 Å². The van der Waals surface area contributed by atoms with Gasteiger partial charge in [0.1, 0.15) is 5.78 Å². The topological polar surface area (TPSA) is 63.6 Å². The molecule has 0 spiro atoms. The Balaban J connectivity index is 2.22. The van der Waals surface area contributed by atoms with Gasteiger partial charge in [-0.1, -0.05) is 57.6 Å². The summed E-state index contributed by atoms with van der Waals surface area (Å²) in [4.78, 5) is 23.4. The van der Waals surface area contributed by atoms with Gasteiger partial charge < -0.3 is 9.84 Å². The summed E-state index contributed by atoms with van der Waals surface area (Å²) in [5.74, 6) is 0.464. The van der Waals surface area contributed by atoms with Gasteiger partial charge in [0.2, 0.25) is 0 Å². The van der Waals surface area contributed by atoms with Crippen LogP contribution in [0.3, 0.4) is 0 Å². The fraction of sp³-hybridized carbons (Fsp3) is 0.826. The number of ether oxygens (including phenoxy) is 1. The average molecular weight is 381 g/mol. The van der Waals surface area contributed by atoms with Crippen LogP contribution in [0.1, 0.15) is 104 Å². The Morgan fingerprint density at radius 2 is 1.78 bits per heavy atom. The summed E-state index contributed by atoms with van der Waals surface area (Å²) < 4.78 is 5.08. The summed E-state index contributed by atoms with van der Waals surface area (Å²) in [7, 11) is 0. The third kappa shape index (κ3) is 10.7. The number of allylic oxidation sites excluding steroid dienone is 1. The van der Waals surface area contributed by atoms with E-state index in [0.29, 0.717) is 31.7 Å². The van der Waals surface area contributed by atoms with Gasteiger partial charge in [-0.2, -0.15) is 0 Å². The summed E-state index contributed by atoms with van der Waals surface area (Å²) in [6.45, 7) is 4.67. The van der Waals surface area contributed by atoms with E-state index in [4.69, 9.17) is 4.74 Å². The van der Waals surface area contributed by atoms with Crippen molar-refractivity contribution in [2.24, 2.45) is 5.92 Å². The highest BCUT2D eigenvalue weighted by Gasteiger charge is 2.29. The van der Waals surface area contributed by atoms with Crippen LogP contribution in [0.4, 0.5) is 0 Å². The zero-order valence-corrected chi connectivity index (χ0v) is 17.5. The van der Waals surface area contributed by atoms with E-state index in [9.17, 15) is 14.7 Å². The first kappa shape index (κ1) is 23.9. The number of hydrogen-bond acceptors (Lipinski definition) is 4. The number of carbonyl (C=O) groups is 2. The monoisotopic (exact) mass is 380 g/mol. The van der Waals surface area contributed by atoms with Crippen molar-refractivity contribution in [1.29, 1.82) is 0 Å². The second-order valence-corrected chi connectivity index (χ2v) is 7.86. The van der Waals surface area contributed by atoms with Crippen LogP contribution in [0.15, 0.2) is 11.6 Å². The molecule has 0 saturated heterocycles. The van der Waals surface area contributed by atoms with E-state index in [1.54, 1.807) is 0 Å². The maximum Gasteiger partial charge on any atom is 0.305 e. The van der Waals surface area contributed by atoms with Gasteiger partial charge in [0, 0.05) is 25.2 Å². The third-order valence-corrected chi connectivity index (χ3v) is 5.43. The first-order valence-electron chi connectivity index (χ1n) is 11.1. The van der Waals surface area contributed by atoms with Crippen molar-refractivity contribution in [3.05, 3.63) is 11.6 Å². The number of hydrogen-bond donors (Lipinski definition) is 1. The van der Waals surface area contributed by atoms with Crippen LogP contribution in [0, 0.1) is 5.92 Å². The van der Waals surface area contributed by atoms with Crippen molar-refractivity contribution in [3.8, 4) is 0 Å². The van der Waals surface area contributed by atoms with Crippen molar-refractivity contribution in [1.82, 2.24) is 0 Å². The Labute approximate surface area is 165 Å². The molecule has 1 rings (SSSR count). The van der Waals surface area contributed by atoms with Gasteiger partial charge in [-0.05, 0) is 38.5 Å². The summed E-state index contributed by atoms with van der Waals surface area (Å²) >= 11 is 0. The fourth-order valence-electron chi connectivity index (χ4n) is 3.77. The highest BCUT2D eigenvalue weighted by atomic mass is 16.5. The SMILES string of the molecule is CCCCCC(=O)CC=C1CC[C@@H](O)[C@@H]1CCCCCCC(=O)OCCC. The predicted octanol–water partition coefficient (Wildman–Crippen LogP) is 5.52. The first-order valence-corrected chi connectivity index (χ1v) is 11.1. The Morgan fingerprint density at radius 1 is 1.04 bits per heavy atom. The standard InChI is InChI=1S/C23H40O4/c1-3-5-8-11-20(24)16-14-19-15-17-22(25)21(19)12-9-6-7-10-13-23(26)27-18-4-2/h14,21-22,25H,3-13,15-18H2,1-2H3/t21-,22-/m1/s1. The minimum Gasteiger partial charge on any atom is -0.466 e. The van der Waals surface area contributed by atoms with Crippen LogP contribution in [0.2, 0.25) is 0 Å².